The van der Waals surface area contributed by atoms with Crippen LogP contribution < -0.4 is 16.0 Å². The van der Waals surface area contributed by atoms with Gasteiger partial charge in [-0.2, -0.15) is 0 Å². The first-order valence-corrected chi connectivity index (χ1v) is 9.70. The highest BCUT2D eigenvalue weighted by Crippen LogP contribution is 2.18. The quantitative estimate of drug-likeness (QED) is 0.177. The molecule has 10 nitrogen and oxygen atoms in total. The van der Waals surface area contributed by atoms with E-state index in [1.54, 1.807) is 0 Å². The Balaban J connectivity index is 0.00000280. The molecule has 2 aliphatic heterocycles. The fourth-order valence-corrected chi connectivity index (χ4v) is 3.19. The maximum atomic E-state index is 11.9. The molecule has 0 aromatic rings. The predicted molar refractivity (Wildman–Crippen MR) is 116 cm³/mol. The molecule has 3 aliphatic rings. The summed E-state index contributed by atoms with van der Waals surface area (Å²) in [5.74, 6) is 0.685. The van der Waals surface area contributed by atoms with E-state index in [2.05, 4.69) is 30.7 Å². The van der Waals surface area contributed by atoms with Crippen LogP contribution in [-0.2, 0) is 9.59 Å². The minimum absolute atomic E-state index is 0. The van der Waals surface area contributed by atoms with Crippen molar-refractivity contribution < 1.29 is 14.4 Å². The number of aliphatic imine (C=N–C) groups is 1. The lowest BCUT2D eigenvalue weighted by Gasteiger charge is -2.36. The zero-order valence-electron chi connectivity index (χ0n) is 16.3. The van der Waals surface area contributed by atoms with Crippen LogP contribution >= 0.6 is 24.0 Å². The molecule has 3 fully saturated rings. The van der Waals surface area contributed by atoms with Crippen LogP contribution in [0.5, 0.6) is 0 Å². The van der Waals surface area contributed by atoms with E-state index in [0.717, 1.165) is 51.5 Å². The fourth-order valence-electron chi connectivity index (χ4n) is 3.19. The van der Waals surface area contributed by atoms with E-state index in [1.807, 2.05) is 6.92 Å². The average Bonchev–Trinajstić information content (AvgIpc) is 3.40. The third-order valence-corrected chi connectivity index (χ3v) is 4.84. The first-order valence-electron chi connectivity index (χ1n) is 9.70. The van der Waals surface area contributed by atoms with Crippen molar-refractivity contribution in [3.63, 3.8) is 0 Å². The maximum absolute atomic E-state index is 11.9. The second-order valence-electron chi connectivity index (χ2n) is 7.04. The maximum Gasteiger partial charge on any atom is 0.324 e. The molecule has 158 valence electrons. The Morgan fingerprint density at radius 3 is 2.50 bits per heavy atom. The van der Waals surface area contributed by atoms with Crippen LogP contribution in [0.1, 0.15) is 19.8 Å². The number of amides is 4. The molecule has 1 saturated carbocycles. The van der Waals surface area contributed by atoms with Crippen LogP contribution in [0.2, 0.25) is 0 Å². The smallest absolute Gasteiger partial charge is 0.324 e. The largest absolute Gasteiger partial charge is 0.357 e. The van der Waals surface area contributed by atoms with Crippen molar-refractivity contribution >= 4 is 47.8 Å². The Kier molecular flexibility index (Phi) is 8.73. The molecule has 0 aromatic carbocycles. The second-order valence-corrected chi connectivity index (χ2v) is 7.04. The SMILES string of the molecule is CCNC(=NCCN1C(=O)CNC1=O)N1CCN(CC(=O)NC2CC2)CC1.I. The van der Waals surface area contributed by atoms with Crippen LogP contribution in [0.3, 0.4) is 0 Å². The minimum atomic E-state index is -0.349. The average molecular weight is 507 g/mol. The van der Waals surface area contributed by atoms with Gasteiger partial charge in [-0.05, 0) is 19.8 Å². The number of nitrogens with zero attached hydrogens (tertiary/aromatic N) is 4. The highest BCUT2D eigenvalue weighted by Gasteiger charge is 2.28. The number of urea groups is 1. The van der Waals surface area contributed by atoms with Crippen molar-refractivity contribution in [2.24, 2.45) is 4.99 Å². The molecule has 3 rings (SSSR count). The van der Waals surface area contributed by atoms with E-state index in [1.165, 1.54) is 4.90 Å². The zero-order chi connectivity index (χ0) is 19.2. The van der Waals surface area contributed by atoms with Gasteiger partial charge < -0.3 is 20.9 Å². The van der Waals surface area contributed by atoms with Gasteiger partial charge >= 0.3 is 6.03 Å². The lowest BCUT2D eigenvalue weighted by molar-refractivity contribution is -0.125. The van der Waals surface area contributed by atoms with Gasteiger partial charge in [-0.3, -0.25) is 24.4 Å². The summed E-state index contributed by atoms with van der Waals surface area (Å²) >= 11 is 0. The molecule has 1 aliphatic carbocycles. The number of halogens is 1. The Morgan fingerprint density at radius 2 is 1.93 bits per heavy atom. The molecule has 0 bridgehead atoms. The summed E-state index contributed by atoms with van der Waals surface area (Å²) in [4.78, 5) is 45.2. The summed E-state index contributed by atoms with van der Waals surface area (Å²) in [7, 11) is 0. The highest BCUT2D eigenvalue weighted by molar-refractivity contribution is 14.0. The molecule has 0 atom stereocenters. The van der Waals surface area contributed by atoms with Gasteiger partial charge in [-0.25, -0.2) is 4.79 Å². The summed E-state index contributed by atoms with van der Waals surface area (Å²) < 4.78 is 0. The summed E-state index contributed by atoms with van der Waals surface area (Å²) in [6, 6.07) is 0.0501. The van der Waals surface area contributed by atoms with Crippen LogP contribution in [-0.4, -0.2) is 103 Å². The van der Waals surface area contributed by atoms with Gasteiger partial charge in [-0.1, -0.05) is 0 Å². The molecule has 0 spiro atoms. The Hall–Kier alpha value is -1.63. The minimum Gasteiger partial charge on any atom is -0.357 e. The Morgan fingerprint density at radius 1 is 1.21 bits per heavy atom. The molecule has 3 N–H and O–H groups in total. The number of guanidine groups is 1. The fraction of sp³-hybridized carbons (Fsp3) is 0.765. The Labute approximate surface area is 182 Å². The topological polar surface area (TPSA) is 109 Å². The first-order chi connectivity index (χ1) is 13.1. The molecule has 11 heteroatoms. The van der Waals surface area contributed by atoms with Crippen LogP contribution in [0.15, 0.2) is 4.99 Å². The van der Waals surface area contributed by atoms with Crippen molar-refractivity contribution in [3.8, 4) is 0 Å². The van der Waals surface area contributed by atoms with Crippen molar-refractivity contribution in [1.82, 2.24) is 30.7 Å². The lowest BCUT2D eigenvalue weighted by atomic mass is 10.3. The van der Waals surface area contributed by atoms with Crippen molar-refractivity contribution in [3.05, 3.63) is 0 Å². The third-order valence-electron chi connectivity index (χ3n) is 4.84. The van der Waals surface area contributed by atoms with Gasteiger partial charge in [0.05, 0.1) is 26.2 Å². The van der Waals surface area contributed by atoms with Gasteiger partial charge in [0.25, 0.3) is 0 Å². The second kappa shape index (κ2) is 10.8. The molecule has 0 aromatic heterocycles. The number of hydrogen-bond acceptors (Lipinski definition) is 5. The van der Waals surface area contributed by atoms with E-state index >= 15 is 0 Å². The van der Waals surface area contributed by atoms with E-state index < -0.39 is 0 Å². The van der Waals surface area contributed by atoms with Gasteiger partial charge in [-0.15, -0.1) is 24.0 Å². The number of rotatable bonds is 7. The summed E-state index contributed by atoms with van der Waals surface area (Å²) in [6.45, 7) is 7.08. The standard InChI is InChI=1S/C17H29N7O3.HI/c1-2-18-16(19-5-6-24-15(26)11-20-17(24)27)23-9-7-22(8-10-23)12-14(25)21-13-3-4-13;/h13H,2-12H2,1H3,(H,18,19)(H,20,27)(H,21,25);1H. The van der Waals surface area contributed by atoms with Crippen molar-refractivity contribution in [1.29, 1.82) is 0 Å². The number of imide groups is 1. The van der Waals surface area contributed by atoms with Gasteiger partial charge in [0.1, 0.15) is 0 Å². The molecule has 28 heavy (non-hydrogen) atoms. The monoisotopic (exact) mass is 507 g/mol. The molecule has 2 heterocycles. The van der Waals surface area contributed by atoms with Gasteiger partial charge in [0.2, 0.25) is 11.8 Å². The van der Waals surface area contributed by atoms with E-state index in [9.17, 15) is 14.4 Å². The molecule has 0 radical (unpaired) electrons. The third kappa shape index (κ3) is 6.47. The number of piperazine rings is 1. The highest BCUT2D eigenvalue weighted by atomic mass is 127. The predicted octanol–water partition coefficient (Wildman–Crippen LogP) is -0.982. The summed E-state index contributed by atoms with van der Waals surface area (Å²) in [5.41, 5.74) is 0. The van der Waals surface area contributed by atoms with Gasteiger partial charge in [0, 0.05) is 38.8 Å². The number of nitrogens with one attached hydrogen (secondary N) is 3. The first kappa shape index (κ1) is 22.7. The van der Waals surface area contributed by atoms with Crippen LogP contribution in [0.4, 0.5) is 4.79 Å². The summed E-state index contributed by atoms with van der Waals surface area (Å²) in [5, 5.41) is 8.79. The van der Waals surface area contributed by atoms with E-state index in [0.29, 0.717) is 19.1 Å². The molecule has 0 unspecified atom stereocenters. The van der Waals surface area contributed by atoms with Crippen LogP contribution in [0, 0.1) is 0 Å². The molecular formula is C17H30IN7O3. The molecule has 4 amide bonds. The zero-order valence-corrected chi connectivity index (χ0v) is 18.6. The van der Waals surface area contributed by atoms with E-state index in [-0.39, 0.29) is 54.9 Å². The van der Waals surface area contributed by atoms with Crippen molar-refractivity contribution in [2.75, 3.05) is 58.9 Å². The summed E-state index contributed by atoms with van der Waals surface area (Å²) in [6.07, 6.45) is 2.21. The van der Waals surface area contributed by atoms with Crippen LogP contribution in [0.25, 0.3) is 0 Å². The molecular weight excluding hydrogens is 477 g/mol. The number of carbonyl (C=O) groups is 3. The number of carbonyl (C=O) groups excluding carboxylic acids is 3. The van der Waals surface area contributed by atoms with Gasteiger partial charge in [0.15, 0.2) is 5.96 Å². The normalized spacial score (nSPS) is 20.7. The van der Waals surface area contributed by atoms with Crippen molar-refractivity contribution in [2.45, 2.75) is 25.8 Å². The number of hydrogen-bond donors (Lipinski definition) is 3. The lowest BCUT2D eigenvalue weighted by Crippen LogP contribution is -2.54. The Bertz CT molecular complexity index is 588. The van der Waals surface area contributed by atoms with E-state index in [4.69, 9.17) is 0 Å². The molecule has 2 saturated heterocycles.